The Kier molecular flexibility index (Phi) is 5.32. The molecule has 3 aromatic rings. The van der Waals surface area contributed by atoms with E-state index in [0.29, 0.717) is 29.8 Å². The number of nitrogens with one attached hydrogen (secondary N) is 1. The lowest BCUT2D eigenvalue weighted by molar-refractivity contribution is 0.385. The van der Waals surface area contributed by atoms with Crippen LogP contribution in [0.25, 0.3) is 10.9 Å². The van der Waals surface area contributed by atoms with Gasteiger partial charge in [-0.3, -0.25) is 9.54 Å². The molecule has 0 spiro atoms. The third-order valence-corrected chi connectivity index (χ3v) is 5.87. The van der Waals surface area contributed by atoms with Gasteiger partial charge in [0.15, 0.2) is 0 Å². The van der Waals surface area contributed by atoms with Crippen LogP contribution in [-0.4, -0.2) is 24.5 Å². The van der Waals surface area contributed by atoms with Crippen molar-refractivity contribution in [3.63, 3.8) is 0 Å². The van der Waals surface area contributed by atoms with E-state index in [9.17, 15) is 13.0 Å². The number of aryl methyl sites for hydroxylation is 1. The van der Waals surface area contributed by atoms with Crippen molar-refractivity contribution in [3.05, 3.63) is 59.8 Å². The first-order chi connectivity index (χ1) is 13.1. The number of rotatable bonds is 6. The first kappa shape index (κ1) is 20.1. The maximum atomic E-state index is 11.8. The Hall–Kier alpha value is -2.64. The van der Waals surface area contributed by atoms with E-state index in [4.69, 9.17) is 5.73 Å². The van der Waals surface area contributed by atoms with Crippen molar-refractivity contribution >= 4 is 32.4 Å². The van der Waals surface area contributed by atoms with E-state index < -0.39 is 10.1 Å². The highest BCUT2D eigenvalue weighted by molar-refractivity contribution is 7.86. The monoisotopic (exact) mass is 399 g/mol. The van der Waals surface area contributed by atoms with Gasteiger partial charge in [-0.05, 0) is 36.0 Å². The van der Waals surface area contributed by atoms with E-state index >= 15 is 0 Å². The van der Waals surface area contributed by atoms with E-state index in [1.54, 1.807) is 31.3 Å². The predicted molar refractivity (Wildman–Crippen MR) is 113 cm³/mol. The lowest BCUT2D eigenvalue weighted by Gasteiger charge is -2.27. The second-order valence-corrected chi connectivity index (χ2v) is 9.20. The summed E-state index contributed by atoms with van der Waals surface area (Å²) >= 11 is 0. The molecule has 0 saturated carbocycles. The molecule has 1 aromatic heterocycles. The smallest absolute Gasteiger partial charge is 0.295 e. The summed E-state index contributed by atoms with van der Waals surface area (Å²) in [6.07, 6.45) is 2.11. The van der Waals surface area contributed by atoms with Gasteiger partial charge in [0.05, 0.1) is 28.0 Å². The van der Waals surface area contributed by atoms with Gasteiger partial charge >= 0.3 is 0 Å². The van der Waals surface area contributed by atoms with Crippen LogP contribution in [0.2, 0.25) is 0 Å². The van der Waals surface area contributed by atoms with Crippen molar-refractivity contribution < 1.29 is 13.0 Å². The summed E-state index contributed by atoms with van der Waals surface area (Å²) in [6.45, 7) is 6.32. The molecule has 0 unspecified atom stereocenters. The van der Waals surface area contributed by atoms with Gasteiger partial charge in [0.2, 0.25) is 0 Å². The third-order valence-electron chi connectivity index (χ3n) is 4.77. The molecule has 0 radical (unpaired) electrons. The molecule has 1 heterocycles. The molecule has 28 heavy (non-hydrogen) atoms. The van der Waals surface area contributed by atoms with Crippen LogP contribution < -0.4 is 11.1 Å². The molecule has 0 saturated heterocycles. The molecule has 4 N–H and O–H groups in total. The lowest BCUT2D eigenvalue weighted by Crippen LogP contribution is -2.27. The van der Waals surface area contributed by atoms with Gasteiger partial charge in [-0.15, -0.1) is 0 Å². The van der Waals surface area contributed by atoms with E-state index in [-0.39, 0.29) is 10.3 Å². The fraction of sp³-hybridized carbons (Fsp3) is 0.286. The minimum absolute atomic E-state index is 0.00282. The Balaban J connectivity index is 1.87. The highest BCUT2D eigenvalue weighted by Gasteiger charge is 2.25. The minimum atomic E-state index is -4.29. The van der Waals surface area contributed by atoms with E-state index in [1.807, 2.05) is 38.1 Å². The Morgan fingerprint density at radius 1 is 1.14 bits per heavy atom. The standard InChI is InChI=1S/C21H25N3O3S/c1-14-7-6-8-15(20(14)28(25,26)27)11-21(2,3)13-24-19-16-9-4-5-10-18(16)23-12-17(19)22/h4-10,12H,11,13,22H2,1-3H3,(H,23,24)(H,25,26,27). The summed E-state index contributed by atoms with van der Waals surface area (Å²) < 4.78 is 33.3. The molecule has 3 rings (SSSR count). The average Bonchev–Trinajstić information content (AvgIpc) is 2.59. The van der Waals surface area contributed by atoms with Gasteiger partial charge in [-0.25, -0.2) is 0 Å². The molecule has 0 amide bonds. The second-order valence-electron chi connectivity index (χ2n) is 7.84. The van der Waals surface area contributed by atoms with Crippen LogP contribution in [0.15, 0.2) is 53.6 Å². The number of anilines is 2. The molecule has 2 aromatic carbocycles. The fourth-order valence-corrected chi connectivity index (χ4v) is 4.43. The van der Waals surface area contributed by atoms with Crippen molar-refractivity contribution in [1.82, 2.24) is 4.98 Å². The molecule has 0 aliphatic carbocycles. The quantitative estimate of drug-likeness (QED) is 0.540. The summed E-state index contributed by atoms with van der Waals surface area (Å²) in [5, 5.41) is 4.35. The number of pyridine rings is 1. The van der Waals surface area contributed by atoms with Crippen LogP contribution in [-0.2, 0) is 16.5 Å². The number of nitrogen functional groups attached to an aromatic ring is 1. The zero-order chi connectivity index (χ0) is 20.5. The molecule has 0 bridgehead atoms. The molecule has 0 fully saturated rings. The van der Waals surface area contributed by atoms with Crippen LogP contribution in [0.3, 0.4) is 0 Å². The normalized spacial score (nSPS) is 12.3. The maximum absolute atomic E-state index is 11.8. The summed E-state index contributed by atoms with van der Waals surface area (Å²) in [5.74, 6) is 0. The molecule has 0 aliphatic rings. The minimum Gasteiger partial charge on any atom is -0.396 e. The molecular formula is C21H25N3O3S. The van der Waals surface area contributed by atoms with Gasteiger partial charge in [0.1, 0.15) is 0 Å². The third kappa shape index (κ3) is 4.26. The van der Waals surface area contributed by atoms with Crippen LogP contribution in [0.4, 0.5) is 11.4 Å². The maximum Gasteiger partial charge on any atom is 0.295 e. The van der Waals surface area contributed by atoms with Crippen LogP contribution >= 0.6 is 0 Å². The summed E-state index contributed by atoms with van der Waals surface area (Å²) in [7, 11) is -4.29. The van der Waals surface area contributed by atoms with Crippen molar-refractivity contribution in [2.75, 3.05) is 17.6 Å². The van der Waals surface area contributed by atoms with Gasteiger partial charge < -0.3 is 11.1 Å². The topological polar surface area (TPSA) is 105 Å². The fourth-order valence-electron chi connectivity index (χ4n) is 3.48. The van der Waals surface area contributed by atoms with Crippen LogP contribution in [0.1, 0.15) is 25.0 Å². The van der Waals surface area contributed by atoms with Crippen LogP contribution in [0.5, 0.6) is 0 Å². The number of nitrogens with two attached hydrogens (primary N) is 1. The zero-order valence-corrected chi connectivity index (χ0v) is 17.0. The van der Waals surface area contributed by atoms with E-state index in [0.717, 1.165) is 16.6 Å². The number of hydrogen-bond donors (Lipinski definition) is 3. The largest absolute Gasteiger partial charge is 0.396 e. The number of para-hydroxylation sites is 1. The predicted octanol–water partition coefficient (Wildman–Crippen LogP) is 4.05. The zero-order valence-electron chi connectivity index (χ0n) is 16.2. The summed E-state index contributed by atoms with van der Waals surface area (Å²) in [5.41, 5.74) is 9.19. The second kappa shape index (κ2) is 7.41. The summed E-state index contributed by atoms with van der Waals surface area (Å²) in [4.78, 5) is 4.34. The van der Waals surface area contributed by atoms with Crippen molar-refractivity contribution in [1.29, 1.82) is 0 Å². The number of hydrogen-bond acceptors (Lipinski definition) is 5. The number of aromatic nitrogens is 1. The first-order valence-corrected chi connectivity index (χ1v) is 10.5. The van der Waals surface area contributed by atoms with Crippen molar-refractivity contribution in [3.8, 4) is 0 Å². The number of nitrogens with zero attached hydrogens (tertiary/aromatic N) is 1. The van der Waals surface area contributed by atoms with E-state index in [1.165, 1.54) is 0 Å². The van der Waals surface area contributed by atoms with Gasteiger partial charge in [-0.2, -0.15) is 8.42 Å². The van der Waals surface area contributed by atoms with Gasteiger partial charge in [0.25, 0.3) is 10.1 Å². The average molecular weight is 400 g/mol. The first-order valence-electron chi connectivity index (χ1n) is 9.01. The van der Waals surface area contributed by atoms with Crippen molar-refractivity contribution in [2.45, 2.75) is 32.1 Å². The molecule has 0 atom stereocenters. The Bertz CT molecular complexity index is 1120. The molecule has 6 nitrogen and oxygen atoms in total. The Morgan fingerprint density at radius 3 is 2.57 bits per heavy atom. The Morgan fingerprint density at radius 2 is 1.86 bits per heavy atom. The number of benzene rings is 2. The van der Waals surface area contributed by atoms with E-state index in [2.05, 4.69) is 10.3 Å². The van der Waals surface area contributed by atoms with Gasteiger partial charge in [0, 0.05) is 11.9 Å². The molecule has 0 aliphatic heterocycles. The van der Waals surface area contributed by atoms with Crippen LogP contribution in [0, 0.1) is 12.3 Å². The molecular weight excluding hydrogens is 374 g/mol. The molecule has 7 heteroatoms. The highest BCUT2D eigenvalue weighted by atomic mass is 32.2. The molecule has 148 valence electrons. The highest BCUT2D eigenvalue weighted by Crippen LogP contribution is 2.32. The SMILES string of the molecule is Cc1cccc(CC(C)(C)CNc2c(N)cnc3ccccc23)c1S(=O)(=O)O. The van der Waals surface area contributed by atoms with Gasteiger partial charge in [-0.1, -0.05) is 50.2 Å². The summed E-state index contributed by atoms with van der Waals surface area (Å²) in [6, 6.07) is 13.0. The lowest BCUT2D eigenvalue weighted by atomic mass is 9.85. The Labute approximate surface area is 165 Å². The number of fused-ring (bicyclic) bond motifs is 1. The van der Waals surface area contributed by atoms with Crippen molar-refractivity contribution in [2.24, 2.45) is 5.41 Å².